The van der Waals surface area contributed by atoms with E-state index in [1.54, 1.807) is 25.1 Å². The van der Waals surface area contributed by atoms with E-state index < -0.39 is 16.6 Å². The van der Waals surface area contributed by atoms with E-state index in [0.717, 1.165) is 6.07 Å². The van der Waals surface area contributed by atoms with Gasteiger partial charge in [-0.05, 0) is 13.0 Å². The summed E-state index contributed by atoms with van der Waals surface area (Å²) >= 11 is 0. The van der Waals surface area contributed by atoms with Gasteiger partial charge in [0.1, 0.15) is 11.6 Å². The van der Waals surface area contributed by atoms with E-state index in [-0.39, 0.29) is 18.3 Å². The van der Waals surface area contributed by atoms with E-state index in [1.165, 1.54) is 18.2 Å². The van der Waals surface area contributed by atoms with Gasteiger partial charge in [-0.2, -0.15) is 0 Å². The summed E-state index contributed by atoms with van der Waals surface area (Å²) in [6, 6.07) is 9.37. The Morgan fingerprint density at radius 2 is 1.95 bits per heavy atom. The Kier molecular flexibility index (Phi) is 4.59. The van der Waals surface area contributed by atoms with Crippen molar-refractivity contribution in [3.8, 4) is 0 Å². The highest BCUT2D eigenvalue weighted by molar-refractivity contribution is 5.41. The highest BCUT2D eigenvalue weighted by Crippen LogP contribution is 2.24. The molecule has 4 nitrogen and oxygen atoms in total. The number of hydrogen-bond acceptors (Lipinski definition) is 3. The van der Waals surface area contributed by atoms with Crippen molar-refractivity contribution in [3.63, 3.8) is 0 Å². The van der Waals surface area contributed by atoms with Crippen LogP contribution in [0.1, 0.15) is 24.1 Å². The molecule has 0 aromatic heterocycles. The normalized spacial score (nSPS) is 12.1. The summed E-state index contributed by atoms with van der Waals surface area (Å²) in [7, 11) is 0. The van der Waals surface area contributed by atoms with Gasteiger partial charge in [0, 0.05) is 35.8 Å². The third-order valence-corrected chi connectivity index (χ3v) is 3.21. The molecule has 0 saturated heterocycles. The van der Waals surface area contributed by atoms with Crippen LogP contribution < -0.4 is 5.32 Å². The van der Waals surface area contributed by atoms with Crippen molar-refractivity contribution in [1.29, 1.82) is 0 Å². The fourth-order valence-electron chi connectivity index (χ4n) is 2.06. The Labute approximate surface area is 120 Å². The number of nitrogens with one attached hydrogen (secondary N) is 1. The number of benzene rings is 2. The Balaban J connectivity index is 2.12. The summed E-state index contributed by atoms with van der Waals surface area (Å²) in [5.74, 6) is -1.28. The zero-order chi connectivity index (χ0) is 15.4. The number of nitro benzene ring substituents is 1. The number of nitrogens with zero attached hydrogens (tertiary/aromatic N) is 1. The second-order valence-corrected chi connectivity index (χ2v) is 4.65. The standard InChI is InChI=1S/C15H14F2N2O2/c1-10(13-4-2-3-5-15(13)19(20)21)18-9-11-6-7-12(16)8-14(11)17/h2-8,10,18H,9H2,1H3. The molecule has 21 heavy (non-hydrogen) atoms. The zero-order valence-corrected chi connectivity index (χ0v) is 11.3. The molecule has 2 aromatic carbocycles. The molecule has 1 unspecified atom stereocenters. The molecule has 2 aromatic rings. The maximum atomic E-state index is 13.5. The van der Waals surface area contributed by atoms with Crippen LogP contribution in [0.25, 0.3) is 0 Å². The molecular weight excluding hydrogens is 278 g/mol. The van der Waals surface area contributed by atoms with Crippen LogP contribution in [-0.4, -0.2) is 4.92 Å². The fourth-order valence-corrected chi connectivity index (χ4v) is 2.06. The van der Waals surface area contributed by atoms with Gasteiger partial charge in [-0.3, -0.25) is 10.1 Å². The summed E-state index contributed by atoms with van der Waals surface area (Å²) in [6.07, 6.45) is 0. The van der Waals surface area contributed by atoms with E-state index in [2.05, 4.69) is 5.32 Å². The van der Waals surface area contributed by atoms with Gasteiger partial charge >= 0.3 is 0 Å². The van der Waals surface area contributed by atoms with Crippen molar-refractivity contribution in [3.05, 3.63) is 75.3 Å². The average molecular weight is 292 g/mol. The monoisotopic (exact) mass is 292 g/mol. The van der Waals surface area contributed by atoms with Gasteiger partial charge in [-0.25, -0.2) is 8.78 Å². The number of para-hydroxylation sites is 1. The van der Waals surface area contributed by atoms with E-state index in [1.807, 2.05) is 0 Å². The van der Waals surface area contributed by atoms with Crippen LogP contribution in [0.15, 0.2) is 42.5 Å². The molecule has 0 bridgehead atoms. The van der Waals surface area contributed by atoms with Crippen molar-refractivity contribution in [2.24, 2.45) is 0 Å². The molecule has 110 valence electrons. The first kappa shape index (κ1) is 15.1. The molecule has 0 aliphatic rings. The van der Waals surface area contributed by atoms with Gasteiger partial charge < -0.3 is 5.32 Å². The van der Waals surface area contributed by atoms with Gasteiger partial charge in [-0.1, -0.05) is 24.3 Å². The van der Waals surface area contributed by atoms with Crippen molar-refractivity contribution in [1.82, 2.24) is 5.32 Å². The van der Waals surface area contributed by atoms with Crippen molar-refractivity contribution in [2.45, 2.75) is 19.5 Å². The molecule has 6 heteroatoms. The van der Waals surface area contributed by atoms with Crippen molar-refractivity contribution >= 4 is 5.69 Å². The SMILES string of the molecule is CC(NCc1ccc(F)cc1F)c1ccccc1[N+](=O)[O-]. The highest BCUT2D eigenvalue weighted by atomic mass is 19.1. The second-order valence-electron chi connectivity index (χ2n) is 4.65. The second kappa shape index (κ2) is 6.41. The molecule has 0 aliphatic heterocycles. The predicted octanol–water partition coefficient (Wildman–Crippen LogP) is 3.72. The van der Waals surface area contributed by atoms with E-state index in [4.69, 9.17) is 0 Å². The zero-order valence-electron chi connectivity index (χ0n) is 11.3. The Morgan fingerprint density at radius 1 is 1.24 bits per heavy atom. The third-order valence-electron chi connectivity index (χ3n) is 3.21. The molecule has 1 atom stereocenters. The van der Waals surface area contributed by atoms with Gasteiger partial charge in [0.15, 0.2) is 0 Å². The summed E-state index contributed by atoms with van der Waals surface area (Å²) in [6.45, 7) is 1.91. The Bertz CT molecular complexity index is 662. The Morgan fingerprint density at radius 3 is 2.62 bits per heavy atom. The maximum absolute atomic E-state index is 13.5. The van der Waals surface area contributed by atoms with Gasteiger partial charge in [0.2, 0.25) is 0 Å². The summed E-state index contributed by atoms with van der Waals surface area (Å²) in [5, 5.41) is 14.0. The molecule has 0 spiro atoms. The number of hydrogen-bond donors (Lipinski definition) is 1. The van der Waals surface area contributed by atoms with Gasteiger partial charge in [0.25, 0.3) is 5.69 Å². The first-order valence-corrected chi connectivity index (χ1v) is 6.39. The molecule has 0 aliphatic carbocycles. The molecular formula is C15H14F2N2O2. The lowest BCUT2D eigenvalue weighted by Gasteiger charge is -2.14. The van der Waals surface area contributed by atoms with Crippen LogP contribution in [0.4, 0.5) is 14.5 Å². The van der Waals surface area contributed by atoms with Crippen LogP contribution in [0, 0.1) is 21.7 Å². The first-order chi connectivity index (χ1) is 9.99. The molecule has 0 fully saturated rings. The highest BCUT2D eigenvalue weighted by Gasteiger charge is 2.18. The predicted molar refractivity (Wildman–Crippen MR) is 74.7 cm³/mol. The topological polar surface area (TPSA) is 55.2 Å². The quantitative estimate of drug-likeness (QED) is 0.675. The molecule has 0 saturated carbocycles. The van der Waals surface area contributed by atoms with Crippen LogP contribution in [-0.2, 0) is 6.54 Å². The van der Waals surface area contributed by atoms with Crippen LogP contribution in [0.2, 0.25) is 0 Å². The number of nitro groups is 1. The largest absolute Gasteiger partial charge is 0.306 e. The number of rotatable bonds is 5. The Hall–Kier alpha value is -2.34. The molecule has 0 heterocycles. The minimum atomic E-state index is -0.641. The third kappa shape index (κ3) is 3.61. The van der Waals surface area contributed by atoms with Gasteiger partial charge in [0.05, 0.1) is 4.92 Å². The summed E-state index contributed by atoms with van der Waals surface area (Å²) in [5.41, 5.74) is 0.837. The lowest BCUT2D eigenvalue weighted by atomic mass is 10.1. The molecule has 2 rings (SSSR count). The van der Waals surface area contributed by atoms with Crippen LogP contribution in [0.3, 0.4) is 0 Å². The molecule has 0 radical (unpaired) electrons. The maximum Gasteiger partial charge on any atom is 0.274 e. The van der Waals surface area contributed by atoms with Crippen molar-refractivity contribution in [2.75, 3.05) is 0 Å². The van der Waals surface area contributed by atoms with E-state index in [9.17, 15) is 18.9 Å². The summed E-state index contributed by atoms with van der Waals surface area (Å²) < 4.78 is 26.3. The van der Waals surface area contributed by atoms with Crippen molar-refractivity contribution < 1.29 is 13.7 Å². The first-order valence-electron chi connectivity index (χ1n) is 6.39. The smallest absolute Gasteiger partial charge is 0.274 e. The minimum Gasteiger partial charge on any atom is -0.306 e. The van der Waals surface area contributed by atoms with Crippen LogP contribution in [0.5, 0.6) is 0 Å². The van der Waals surface area contributed by atoms with Crippen LogP contribution >= 0.6 is 0 Å². The van der Waals surface area contributed by atoms with E-state index >= 15 is 0 Å². The van der Waals surface area contributed by atoms with Gasteiger partial charge in [-0.15, -0.1) is 0 Å². The van der Waals surface area contributed by atoms with E-state index in [0.29, 0.717) is 11.1 Å². The molecule has 0 amide bonds. The number of halogens is 2. The molecule has 1 N–H and O–H groups in total. The average Bonchev–Trinajstić information content (AvgIpc) is 2.46. The lowest BCUT2D eigenvalue weighted by Crippen LogP contribution is -2.19. The minimum absolute atomic E-state index is 0.0112. The fraction of sp³-hybridized carbons (Fsp3) is 0.200. The summed E-state index contributed by atoms with van der Waals surface area (Å²) in [4.78, 5) is 10.5. The lowest BCUT2D eigenvalue weighted by molar-refractivity contribution is -0.385.